The average molecular weight is 340 g/mol. The smallest absolute Gasteiger partial charge is 0.134 e. The third-order valence-corrected chi connectivity index (χ3v) is 6.54. The Morgan fingerprint density at radius 3 is 2.54 bits per heavy atom. The van der Waals surface area contributed by atoms with E-state index in [1.807, 2.05) is 24.3 Å². The second-order valence-corrected chi connectivity index (χ2v) is 7.77. The van der Waals surface area contributed by atoms with Gasteiger partial charge in [0.1, 0.15) is 11.3 Å². The normalized spacial score (nSPS) is 21.4. The zero-order chi connectivity index (χ0) is 17.3. The van der Waals surface area contributed by atoms with Gasteiger partial charge in [0.2, 0.25) is 0 Å². The highest BCUT2D eigenvalue weighted by molar-refractivity contribution is 6.16. The molecule has 1 aromatic heterocycles. The molecule has 2 unspecified atom stereocenters. The third-order valence-electron chi connectivity index (χ3n) is 6.54. The largest absolute Gasteiger partial charge is 0.507 e. The van der Waals surface area contributed by atoms with Crippen LogP contribution >= 0.6 is 0 Å². The van der Waals surface area contributed by atoms with Gasteiger partial charge in [0.15, 0.2) is 0 Å². The maximum absolute atomic E-state index is 10.8. The molecule has 1 fully saturated rings. The van der Waals surface area contributed by atoms with Crippen molar-refractivity contribution < 1.29 is 9.52 Å². The first kappa shape index (κ1) is 14.4. The van der Waals surface area contributed by atoms with Crippen molar-refractivity contribution in [2.24, 2.45) is 0 Å². The fourth-order valence-corrected chi connectivity index (χ4v) is 5.47. The molecule has 2 aliphatic carbocycles. The summed E-state index contributed by atoms with van der Waals surface area (Å²) in [6.45, 7) is 0. The van der Waals surface area contributed by atoms with E-state index in [2.05, 4.69) is 24.3 Å². The monoisotopic (exact) mass is 340 g/mol. The van der Waals surface area contributed by atoms with E-state index >= 15 is 0 Å². The van der Waals surface area contributed by atoms with Gasteiger partial charge >= 0.3 is 0 Å². The van der Waals surface area contributed by atoms with Crippen molar-refractivity contribution in [3.63, 3.8) is 0 Å². The molecule has 0 radical (unpaired) electrons. The summed E-state index contributed by atoms with van der Waals surface area (Å²) in [5.74, 6) is 1.48. The van der Waals surface area contributed by atoms with Crippen molar-refractivity contribution in [1.82, 2.24) is 0 Å². The molecule has 128 valence electrons. The lowest BCUT2D eigenvalue weighted by Crippen LogP contribution is -2.21. The van der Waals surface area contributed by atoms with E-state index in [0.717, 1.165) is 21.7 Å². The van der Waals surface area contributed by atoms with Crippen LogP contribution in [0.2, 0.25) is 0 Å². The standard InChI is InChI=1S/C24H20O2/c25-21-13-20-16-7-2-1-5-14(16)15-6-3-4-8-17(15)23(20)24-18(21)9-10-22-19(24)11-12-26-22/h3-4,6,8-14,16,25H,1-2,5,7H2. The topological polar surface area (TPSA) is 33.4 Å². The molecule has 26 heavy (non-hydrogen) atoms. The first-order valence-corrected chi connectivity index (χ1v) is 9.58. The number of aromatic hydroxyl groups is 1. The second kappa shape index (κ2) is 5.14. The SMILES string of the molecule is Oc1cc2c(c3c1ccc1occc13)-c1ccccc1C1CCCCC21. The molecule has 6 rings (SSSR count). The predicted molar refractivity (Wildman–Crippen MR) is 105 cm³/mol. The van der Waals surface area contributed by atoms with Gasteiger partial charge < -0.3 is 9.52 Å². The van der Waals surface area contributed by atoms with Crippen LogP contribution in [0.15, 0.2) is 59.2 Å². The van der Waals surface area contributed by atoms with Crippen LogP contribution in [0.4, 0.5) is 0 Å². The predicted octanol–water partition coefficient (Wildman–Crippen LogP) is 6.71. The minimum absolute atomic E-state index is 0.394. The Hall–Kier alpha value is -2.74. The maximum Gasteiger partial charge on any atom is 0.134 e. The van der Waals surface area contributed by atoms with Crippen LogP contribution in [-0.4, -0.2) is 5.11 Å². The summed E-state index contributed by atoms with van der Waals surface area (Å²) >= 11 is 0. The van der Waals surface area contributed by atoms with Gasteiger partial charge in [0.25, 0.3) is 0 Å². The summed E-state index contributed by atoms with van der Waals surface area (Å²) < 4.78 is 5.67. The highest BCUT2D eigenvalue weighted by atomic mass is 16.3. The Balaban J connectivity index is 1.82. The van der Waals surface area contributed by atoms with Crippen LogP contribution in [0.3, 0.4) is 0 Å². The van der Waals surface area contributed by atoms with E-state index in [9.17, 15) is 5.11 Å². The lowest BCUT2D eigenvalue weighted by atomic mass is 9.65. The van der Waals surface area contributed by atoms with Gasteiger partial charge in [-0.25, -0.2) is 0 Å². The van der Waals surface area contributed by atoms with Crippen molar-refractivity contribution in [2.75, 3.05) is 0 Å². The number of fused-ring (bicyclic) bond motifs is 10. The second-order valence-electron chi connectivity index (χ2n) is 7.77. The van der Waals surface area contributed by atoms with Gasteiger partial charge in [0.05, 0.1) is 6.26 Å². The van der Waals surface area contributed by atoms with E-state index in [1.165, 1.54) is 47.9 Å². The number of hydrogen-bond acceptors (Lipinski definition) is 2. The van der Waals surface area contributed by atoms with Crippen LogP contribution in [0, 0.1) is 0 Å². The molecule has 0 amide bonds. The van der Waals surface area contributed by atoms with Crippen LogP contribution in [0.5, 0.6) is 5.75 Å². The molecule has 2 aliphatic rings. The van der Waals surface area contributed by atoms with E-state index in [-0.39, 0.29) is 0 Å². The Labute approximate surface area is 152 Å². The number of furan rings is 1. The number of phenols is 1. The summed E-state index contributed by atoms with van der Waals surface area (Å²) in [6, 6.07) is 16.9. The van der Waals surface area contributed by atoms with Crippen LogP contribution < -0.4 is 0 Å². The van der Waals surface area contributed by atoms with Crippen LogP contribution in [-0.2, 0) is 0 Å². The highest BCUT2D eigenvalue weighted by Crippen LogP contribution is 2.56. The van der Waals surface area contributed by atoms with E-state index < -0.39 is 0 Å². The van der Waals surface area contributed by atoms with Crippen molar-refractivity contribution in [2.45, 2.75) is 37.5 Å². The molecule has 3 aromatic carbocycles. The Bertz CT molecular complexity index is 1170. The molecule has 0 spiro atoms. The van der Waals surface area contributed by atoms with Crippen LogP contribution in [0.25, 0.3) is 32.9 Å². The minimum Gasteiger partial charge on any atom is -0.507 e. The minimum atomic E-state index is 0.394. The van der Waals surface area contributed by atoms with Crippen molar-refractivity contribution in [3.05, 3.63) is 65.9 Å². The summed E-state index contributed by atoms with van der Waals surface area (Å²) in [6.07, 6.45) is 6.78. The summed E-state index contributed by atoms with van der Waals surface area (Å²) in [5.41, 5.74) is 6.34. The fourth-order valence-electron chi connectivity index (χ4n) is 5.47. The van der Waals surface area contributed by atoms with E-state index in [0.29, 0.717) is 17.6 Å². The molecule has 0 saturated heterocycles. The van der Waals surface area contributed by atoms with Crippen molar-refractivity contribution in [3.8, 4) is 16.9 Å². The highest BCUT2D eigenvalue weighted by Gasteiger charge is 2.36. The first-order chi connectivity index (χ1) is 12.8. The Morgan fingerprint density at radius 2 is 1.65 bits per heavy atom. The third kappa shape index (κ3) is 1.77. The van der Waals surface area contributed by atoms with Crippen molar-refractivity contribution >= 4 is 21.7 Å². The molecule has 4 aromatic rings. The van der Waals surface area contributed by atoms with E-state index in [1.54, 1.807) is 6.26 Å². The molecular weight excluding hydrogens is 320 g/mol. The lowest BCUT2D eigenvalue weighted by Gasteiger charge is -2.39. The molecule has 2 nitrogen and oxygen atoms in total. The summed E-state index contributed by atoms with van der Waals surface area (Å²) in [5, 5.41) is 14.0. The number of rotatable bonds is 0. The Kier molecular flexibility index (Phi) is 2.85. The quantitative estimate of drug-likeness (QED) is 0.386. The molecule has 1 N–H and O–H groups in total. The molecule has 2 heteroatoms. The van der Waals surface area contributed by atoms with Gasteiger partial charge in [0, 0.05) is 16.2 Å². The van der Waals surface area contributed by atoms with Gasteiger partial charge in [-0.1, -0.05) is 37.1 Å². The lowest BCUT2D eigenvalue weighted by molar-refractivity contribution is 0.382. The molecule has 1 saturated carbocycles. The molecule has 0 aliphatic heterocycles. The Morgan fingerprint density at radius 1 is 0.846 bits per heavy atom. The molecule has 2 atom stereocenters. The van der Waals surface area contributed by atoms with Crippen LogP contribution in [0.1, 0.15) is 48.6 Å². The van der Waals surface area contributed by atoms with Gasteiger partial charge in [-0.05, 0) is 71.2 Å². The summed E-state index contributed by atoms with van der Waals surface area (Å²) in [7, 11) is 0. The fraction of sp³-hybridized carbons (Fsp3) is 0.250. The average Bonchev–Trinajstić information content (AvgIpc) is 3.17. The molecular formula is C24H20O2. The zero-order valence-electron chi connectivity index (χ0n) is 14.5. The first-order valence-electron chi connectivity index (χ1n) is 9.58. The molecule has 0 bridgehead atoms. The summed E-state index contributed by atoms with van der Waals surface area (Å²) in [4.78, 5) is 0. The zero-order valence-corrected chi connectivity index (χ0v) is 14.5. The van der Waals surface area contributed by atoms with Gasteiger partial charge in [-0.3, -0.25) is 0 Å². The van der Waals surface area contributed by atoms with Crippen molar-refractivity contribution in [1.29, 1.82) is 0 Å². The number of benzene rings is 3. The number of hydrogen-bond donors (Lipinski definition) is 1. The van der Waals surface area contributed by atoms with Gasteiger partial charge in [-0.15, -0.1) is 0 Å². The number of phenolic OH excluding ortho intramolecular Hbond substituents is 1. The van der Waals surface area contributed by atoms with E-state index in [4.69, 9.17) is 4.42 Å². The maximum atomic E-state index is 10.8. The molecule has 1 heterocycles. The van der Waals surface area contributed by atoms with Gasteiger partial charge in [-0.2, -0.15) is 0 Å².